The van der Waals surface area contributed by atoms with Crippen LogP contribution in [0, 0.1) is 5.92 Å². The highest BCUT2D eigenvalue weighted by Crippen LogP contribution is 2.16. The van der Waals surface area contributed by atoms with Crippen LogP contribution in [0.15, 0.2) is 0 Å². The Bertz CT molecular complexity index is 285. The van der Waals surface area contributed by atoms with E-state index >= 15 is 0 Å². The van der Waals surface area contributed by atoms with E-state index in [1.54, 1.807) is 0 Å². The van der Waals surface area contributed by atoms with E-state index in [9.17, 15) is 4.79 Å². The molecule has 1 amide bonds. The first kappa shape index (κ1) is 15.7. The molecule has 0 aromatic carbocycles. The number of nitrogens with zero attached hydrogens (tertiary/aromatic N) is 2. The van der Waals surface area contributed by atoms with Crippen molar-refractivity contribution in [3.8, 4) is 0 Å². The van der Waals surface area contributed by atoms with Crippen LogP contribution in [0.5, 0.6) is 0 Å². The number of piperidine rings is 1. The van der Waals surface area contributed by atoms with Crippen LogP contribution in [-0.2, 0) is 9.53 Å². The summed E-state index contributed by atoms with van der Waals surface area (Å²) >= 11 is 0. The molecule has 5 heteroatoms. The number of hydrogen-bond acceptors (Lipinski definition) is 4. The lowest BCUT2D eigenvalue weighted by molar-refractivity contribution is -0.135. The van der Waals surface area contributed by atoms with Gasteiger partial charge >= 0.3 is 0 Å². The Kier molecular flexibility index (Phi) is 6.76. The van der Waals surface area contributed by atoms with E-state index in [0.717, 1.165) is 38.5 Å². The van der Waals surface area contributed by atoms with E-state index in [0.29, 0.717) is 25.5 Å². The van der Waals surface area contributed by atoms with Crippen LogP contribution >= 0.6 is 0 Å². The van der Waals surface area contributed by atoms with Gasteiger partial charge in [-0.1, -0.05) is 0 Å². The van der Waals surface area contributed by atoms with E-state index in [-0.39, 0.29) is 0 Å². The molecule has 5 nitrogen and oxygen atoms in total. The van der Waals surface area contributed by atoms with Crippen LogP contribution in [0.25, 0.3) is 0 Å². The summed E-state index contributed by atoms with van der Waals surface area (Å²) in [5, 5.41) is 3.27. The highest BCUT2D eigenvalue weighted by Gasteiger charge is 2.19. The van der Waals surface area contributed by atoms with Gasteiger partial charge in [-0.2, -0.15) is 0 Å². The Balaban J connectivity index is 1.56. The molecule has 116 valence electrons. The number of rotatable bonds is 6. The van der Waals surface area contributed by atoms with Crippen molar-refractivity contribution in [3.05, 3.63) is 0 Å². The molecule has 0 aromatic rings. The van der Waals surface area contributed by atoms with Crippen LogP contribution in [0.4, 0.5) is 0 Å². The van der Waals surface area contributed by atoms with Crippen LogP contribution < -0.4 is 5.32 Å². The van der Waals surface area contributed by atoms with Gasteiger partial charge in [0.05, 0.1) is 13.2 Å². The van der Waals surface area contributed by atoms with Gasteiger partial charge in [0.2, 0.25) is 5.91 Å². The van der Waals surface area contributed by atoms with Crippen LogP contribution in [-0.4, -0.2) is 75.2 Å². The molecule has 0 radical (unpaired) electrons. The number of hydrogen-bond donors (Lipinski definition) is 1. The van der Waals surface area contributed by atoms with Crippen molar-refractivity contribution < 1.29 is 9.53 Å². The lowest BCUT2D eigenvalue weighted by atomic mass is 9.97. The molecule has 2 rings (SSSR count). The monoisotopic (exact) mass is 283 g/mol. The highest BCUT2D eigenvalue weighted by atomic mass is 16.5. The molecule has 0 saturated carbocycles. The predicted octanol–water partition coefficient (Wildman–Crippen LogP) is 0.557. The molecule has 0 bridgehead atoms. The molecule has 2 aliphatic heterocycles. The molecule has 0 aromatic heterocycles. The van der Waals surface area contributed by atoms with Gasteiger partial charge in [0.1, 0.15) is 0 Å². The molecule has 1 N–H and O–H groups in total. The Morgan fingerprint density at radius 3 is 2.55 bits per heavy atom. The first-order valence-electron chi connectivity index (χ1n) is 8.02. The zero-order valence-corrected chi connectivity index (χ0v) is 12.8. The molecule has 0 atom stereocenters. The third-order valence-corrected chi connectivity index (χ3v) is 4.43. The maximum atomic E-state index is 12.0. The first-order valence-corrected chi connectivity index (χ1v) is 8.02. The second-order valence-electron chi connectivity index (χ2n) is 5.94. The average molecular weight is 283 g/mol. The molecule has 2 heterocycles. The van der Waals surface area contributed by atoms with Gasteiger partial charge in [0.25, 0.3) is 0 Å². The zero-order chi connectivity index (χ0) is 14.2. The fraction of sp³-hybridized carbons (Fsp3) is 0.933. The van der Waals surface area contributed by atoms with Gasteiger partial charge in [-0.15, -0.1) is 0 Å². The van der Waals surface area contributed by atoms with Gasteiger partial charge in [-0.25, -0.2) is 0 Å². The summed E-state index contributed by atoms with van der Waals surface area (Å²) in [6.07, 6.45) is 4.26. The molecule has 2 aliphatic rings. The normalized spacial score (nSPS) is 22.1. The maximum absolute atomic E-state index is 12.0. The fourth-order valence-electron chi connectivity index (χ4n) is 3.13. The summed E-state index contributed by atoms with van der Waals surface area (Å²) in [7, 11) is 2.03. The molecular weight excluding hydrogens is 254 g/mol. The molecule has 2 fully saturated rings. The first-order chi connectivity index (χ1) is 9.79. The summed E-state index contributed by atoms with van der Waals surface area (Å²) in [5.41, 5.74) is 0. The molecule has 0 spiro atoms. The number of morpholine rings is 1. The molecule has 0 aliphatic carbocycles. The summed E-state index contributed by atoms with van der Waals surface area (Å²) in [6, 6.07) is 0. The maximum Gasteiger partial charge on any atom is 0.222 e. The topological polar surface area (TPSA) is 44.8 Å². The van der Waals surface area contributed by atoms with Crippen molar-refractivity contribution in [1.82, 2.24) is 15.1 Å². The summed E-state index contributed by atoms with van der Waals surface area (Å²) in [5.74, 6) is 1.14. The van der Waals surface area contributed by atoms with E-state index < -0.39 is 0 Å². The number of ether oxygens (including phenoxy) is 1. The van der Waals surface area contributed by atoms with Crippen molar-refractivity contribution in [2.45, 2.75) is 25.7 Å². The lowest BCUT2D eigenvalue weighted by Crippen LogP contribution is -2.41. The molecule has 20 heavy (non-hydrogen) atoms. The standard InChI is InChI=1S/C15H29N3O2/c1-16-13-14-4-7-17(8-5-14)6-2-3-15(19)18-9-11-20-12-10-18/h14,16H,2-13H2,1H3. The van der Waals surface area contributed by atoms with Gasteiger partial charge in [0, 0.05) is 19.5 Å². The van der Waals surface area contributed by atoms with Crippen molar-refractivity contribution in [2.75, 3.05) is 59.5 Å². The van der Waals surface area contributed by atoms with Crippen molar-refractivity contribution in [3.63, 3.8) is 0 Å². The van der Waals surface area contributed by atoms with Crippen LogP contribution in [0.1, 0.15) is 25.7 Å². The Hall–Kier alpha value is -0.650. The summed E-state index contributed by atoms with van der Waals surface area (Å²) in [6.45, 7) is 7.54. The zero-order valence-electron chi connectivity index (χ0n) is 12.8. The SMILES string of the molecule is CNCC1CCN(CCCC(=O)N2CCOCC2)CC1. The smallest absolute Gasteiger partial charge is 0.222 e. The number of carbonyl (C=O) groups is 1. The Labute approximate surface area is 122 Å². The minimum Gasteiger partial charge on any atom is -0.378 e. The Morgan fingerprint density at radius 2 is 1.90 bits per heavy atom. The van der Waals surface area contributed by atoms with E-state index in [2.05, 4.69) is 10.2 Å². The molecule has 2 saturated heterocycles. The lowest BCUT2D eigenvalue weighted by Gasteiger charge is -2.32. The second-order valence-corrected chi connectivity index (χ2v) is 5.94. The van der Waals surface area contributed by atoms with Gasteiger partial charge in [-0.05, 0) is 58.4 Å². The third-order valence-electron chi connectivity index (χ3n) is 4.43. The average Bonchev–Trinajstić information content (AvgIpc) is 2.50. The van der Waals surface area contributed by atoms with E-state index in [4.69, 9.17) is 4.74 Å². The predicted molar refractivity (Wildman–Crippen MR) is 79.7 cm³/mol. The van der Waals surface area contributed by atoms with Crippen LogP contribution in [0.3, 0.4) is 0 Å². The van der Waals surface area contributed by atoms with Crippen molar-refractivity contribution in [1.29, 1.82) is 0 Å². The van der Waals surface area contributed by atoms with Crippen molar-refractivity contribution in [2.24, 2.45) is 5.92 Å². The van der Waals surface area contributed by atoms with Crippen LogP contribution in [0.2, 0.25) is 0 Å². The molecule has 0 unspecified atom stereocenters. The van der Waals surface area contributed by atoms with E-state index in [1.165, 1.54) is 25.9 Å². The minimum atomic E-state index is 0.304. The fourth-order valence-corrected chi connectivity index (χ4v) is 3.13. The number of amides is 1. The summed E-state index contributed by atoms with van der Waals surface area (Å²) in [4.78, 5) is 16.5. The minimum absolute atomic E-state index is 0.304. The van der Waals surface area contributed by atoms with Gasteiger partial charge < -0.3 is 19.9 Å². The highest BCUT2D eigenvalue weighted by molar-refractivity contribution is 5.76. The second kappa shape index (κ2) is 8.60. The summed E-state index contributed by atoms with van der Waals surface area (Å²) < 4.78 is 5.27. The number of nitrogens with one attached hydrogen (secondary N) is 1. The van der Waals surface area contributed by atoms with E-state index in [1.807, 2.05) is 11.9 Å². The number of likely N-dealkylation sites (tertiary alicyclic amines) is 1. The van der Waals surface area contributed by atoms with Crippen molar-refractivity contribution >= 4 is 5.91 Å². The number of carbonyl (C=O) groups excluding carboxylic acids is 1. The van der Waals surface area contributed by atoms with Gasteiger partial charge in [0.15, 0.2) is 0 Å². The molecular formula is C15H29N3O2. The Morgan fingerprint density at radius 1 is 1.20 bits per heavy atom. The van der Waals surface area contributed by atoms with Gasteiger partial charge in [-0.3, -0.25) is 4.79 Å². The quantitative estimate of drug-likeness (QED) is 0.773. The third kappa shape index (κ3) is 5.04. The largest absolute Gasteiger partial charge is 0.378 e.